The lowest BCUT2D eigenvalue weighted by Crippen LogP contribution is -2.28. The average molecular weight is 207 g/mol. The first-order chi connectivity index (χ1) is 7.15. The molecule has 15 heavy (non-hydrogen) atoms. The third kappa shape index (κ3) is 3.27. The molecule has 0 saturated carbocycles. The van der Waals surface area contributed by atoms with Gasteiger partial charge in [0.2, 0.25) is 5.91 Å². The maximum Gasteiger partial charge on any atom is 0.223 e. The van der Waals surface area contributed by atoms with Crippen molar-refractivity contribution in [1.82, 2.24) is 5.32 Å². The number of carbonyl (C=O) groups excluding carboxylic acids is 1. The first-order valence-electron chi connectivity index (χ1n) is 5.19. The fourth-order valence-electron chi connectivity index (χ4n) is 1.20. The van der Waals surface area contributed by atoms with E-state index in [1.54, 1.807) is 18.2 Å². The summed E-state index contributed by atoms with van der Waals surface area (Å²) in [4.78, 5) is 11.5. The highest BCUT2D eigenvalue weighted by Crippen LogP contribution is 2.15. The van der Waals surface area contributed by atoms with E-state index in [-0.39, 0.29) is 17.6 Å². The van der Waals surface area contributed by atoms with Gasteiger partial charge in [-0.3, -0.25) is 4.79 Å². The van der Waals surface area contributed by atoms with E-state index in [9.17, 15) is 9.90 Å². The van der Waals surface area contributed by atoms with Gasteiger partial charge < -0.3 is 10.4 Å². The van der Waals surface area contributed by atoms with E-state index in [4.69, 9.17) is 0 Å². The van der Waals surface area contributed by atoms with Gasteiger partial charge in [0.25, 0.3) is 0 Å². The third-order valence-electron chi connectivity index (χ3n) is 2.50. The van der Waals surface area contributed by atoms with Crippen molar-refractivity contribution in [3.8, 4) is 5.75 Å². The quantitative estimate of drug-likeness (QED) is 0.794. The van der Waals surface area contributed by atoms with Gasteiger partial charge in [0.1, 0.15) is 5.75 Å². The Hall–Kier alpha value is -1.51. The molecule has 0 aliphatic rings. The topological polar surface area (TPSA) is 49.3 Å². The summed E-state index contributed by atoms with van der Waals surface area (Å²) in [6, 6.07) is 7.01. The summed E-state index contributed by atoms with van der Waals surface area (Å²) in [6.45, 7) is 4.25. The number of carbonyl (C=O) groups is 1. The number of phenols is 1. The van der Waals surface area contributed by atoms with Gasteiger partial charge in [0.15, 0.2) is 0 Å². The van der Waals surface area contributed by atoms with Gasteiger partial charge >= 0.3 is 0 Å². The molecule has 0 aliphatic heterocycles. The normalized spacial score (nSPS) is 12.1. The van der Waals surface area contributed by atoms with Crippen LogP contribution in [-0.4, -0.2) is 11.0 Å². The number of amides is 1. The Morgan fingerprint density at radius 1 is 1.47 bits per heavy atom. The number of para-hydroxylation sites is 1. The summed E-state index contributed by atoms with van der Waals surface area (Å²) in [7, 11) is 0. The van der Waals surface area contributed by atoms with Crippen LogP contribution in [0.2, 0.25) is 0 Å². The molecule has 1 unspecified atom stereocenters. The Kier molecular flexibility index (Phi) is 4.16. The van der Waals surface area contributed by atoms with E-state index >= 15 is 0 Å². The highest BCUT2D eigenvalue weighted by atomic mass is 16.3. The van der Waals surface area contributed by atoms with Crippen molar-refractivity contribution in [3.05, 3.63) is 29.8 Å². The molecule has 1 aromatic carbocycles. The molecule has 0 spiro atoms. The summed E-state index contributed by atoms with van der Waals surface area (Å²) in [5.41, 5.74) is 0.745. The maximum absolute atomic E-state index is 11.5. The largest absolute Gasteiger partial charge is 0.508 e. The van der Waals surface area contributed by atoms with Crippen LogP contribution in [0.5, 0.6) is 5.75 Å². The summed E-state index contributed by atoms with van der Waals surface area (Å²) >= 11 is 0. The summed E-state index contributed by atoms with van der Waals surface area (Å²) < 4.78 is 0. The van der Waals surface area contributed by atoms with Crippen LogP contribution < -0.4 is 5.32 Å². The molecule has 1 atom stereocenters. The molecule has 0 heterocycles. The van der Waals surface area contributed by atoms with Crippen LogP contribution in [0.15, 0.2) is 24.3 Å². The van der Waals surface area contributed by atoms with Gasteiger partial charge in [-0.25, -0.2) is 0 Å². The molecule has 3 nitrogen and oxygen atoms in total. The molecule has 1 amide bonds. The molecule has 82 valence electrons. The zero-order chi connectivity index (χ0) is 11.3. The lowest BCUT2D eigenvalue weighted by Gasteiger charge is -2.10. The Bertz CT molecular complexity index is 336. The lowest BCUT2D eigenvalue weighted by molar-refractivity contribution is -0.124. The Morgan fingerprint density at radius 2 is 2.13 bits per heavy atom. The minimum atomic E-state index is 0.0239. The van der Waals surface area contributed by atoms with Crippen LogP contribution in [0.3, 0.4) is 0 Å². The number of phenolic OH excluding ortho intramolecular Hbond substituents is 1. The van der Waals surface area contributed by atoms with Crippen LogP contribution in [0, 0.1) is 5.92 Å². The third-order valence-corrected chi connectivity index (χ3v) is 2.50. The van der Waals surface area contributed by atoms with Crippen molar-refractivity contribution in [1.29, 1.82) is 0 Å². The first-order valence-corrected chi connectivity index (χ1v) is 5.19. The Labute approximate surface area is 90.1 Å². The van der Waals surface area contributed by atoms with Gasteiger partial charge in [0.05, 0.1) is 0 Å². The van der Waals surface area contributed by atoms with Gasteiger partial charge in [-0.2, -0.15) is 0 Å². The number of benzene rings is 1. The number of hydrogen-bond acceptors (Lipinski definition) is 2. The minimum Gasteiger partial charge on any atom is -0.508 e. The standard InChI is InChI=1S/C12H17NO2/c1-3-9(2)12(15)13-8-10-6-4-5-7-11(10)14/h4-7,9,14H,3,8H2,1-2H3,(H,13,15). The molecule has 2 N–H and O–H groups in total. The molecule has 0 radical (unpaired) electrons. The number of nitrogens with one attached hydrogen (secondary N) is 1. The van der Waals surface area contributed by atoms with Crippen LogP contribution >= 0.6 is 0 Å². The number of rotatable bonds is 4. The number of hydrogen-bond donors (Lipinski definition) is 2. The first kappa shape index (κ1) is 11.6. The van der Waals surface area contributed by atoms with Crippen LogP contribution in [0.25, 0.3) is 0 Å². The predicted octanol–water partition coefficient (Wildman–Crippen LogP) is 2.05. The highest BCUT2D eigenvalue weighted by molar-refractivity contribution is 5.78. The molecule has 1 aromatic rings. The van der Waals surface area contributed by atoms with Gasteiger partial charge in [-0.1, -0.05) is 32.0 Å². The van der Waals surface area contributed by atoms with E-state index in [2.05, 4.69) is 5.32 Å². The van der Waals surface area contributed by atoms with E-state index in [1.807, 2.05) is 19.9 Å². The fourth-order valence-corrected chi connectivity index (χ4v) is 1.20. The van der Waals surface area contributed by atoms with Crippen molar-refractivity contribution < 1.29 is 9.90 Å². The SMILES string of the molecule is CCC(C)C(=O)NCc1ccccc1O. The zero-order valence-electron chi connectivity index (χ0n) is 9.16. The Morgan fingerprint density at radius 3 is 2.73 bits per heavy atom. The molecule has 0 fully saturated rings. The second-order valence-electron chi connectivity index (χ2n) is 3.66. The van der Waals surface area contributed by atoms with E-state index < -0.39 is 0 Å². The van der Waals surface area contributed by atoms with Crippen molar-refractivity contribution in [2.24, 2.45) is 5.92 Å². The van der Waals surface area contributed by atoms with Gasteiger partial charge in [-0.05, 0) is 12.5 Å². The number of aromatic hydroxyl groups is 1. The van der Waals surface area contributed by atoms with Crippen molar-refractivity contribution >= 4 is 5.91 Å². The predicted molar refractivity (Wildman–Crippen MR) is 59.4 cm³/mol. The smallest absolute Gasteiger partial charge is 0.223 e. The van der Waals surface area contributed by atoms with E-state index in [1.165, 1.54) is 0 Å². The van der Waals surface area contributed by atoms with Gasteiger partial charge in [-0.15, -0.1) is 0 Å². The monoisotopic (exact) mass is 207 g/mol. The molecule has 0 aromatic heterocycles. The zero-order valence-corrected chi connectivity index (χ0v) is 9.16. The van der Waals surface area contributed by atoms with E-state index in [0.717, 1.165) is 12.0 Å². The second-order valence-corrected chi connectivity index (χ2v) is 3.66. The average Bonchev–Trinajstić information content (AvgIpc) is 2.26. The van der Waals surface area contributed by atoms with Crippen LogP contribution in [0.4, 0.5) is 0 Å². The second kappa shape index (κ2) is 5.39. The maximum atomic E-state index is 11.5. The molecular weight excluding hydrogens is 190 g/mol. The Balaban J connectivity index is 2.51. The minimum absolute atomic E-state index is 0.0239. The summed E-state index contributed by atoms with van der Waals surface area (Å²) in [6.07, 6.45) is 0.826. The van der Waals surface area contributed by atoms with Crippen LogP contribution in [-0.2, 0) is 11.3 Å². The van der Waals surface area contributed by atoms with Crippen LogP contribution in [0.1, 0.15) is 25.8 Å². The molecule has 1 rings (SSSR count). The molecule has 0 aliphatic carbocycles. The lowest BCUT2D eigenvalue weighted by atomic mass is 10.1. The van der Waals surface area contributed by atoms with Crippen molar-refractivity contribution in [2.75, 3.05) is 0 Å². The van der Waals surface area contributed by atoms with E-state index in [0.29, 0.717) is 6.54 Å². The molecule has 3 heteroatoms. The molecule has 0 bridgehead atoms. The molecule has 0 saturated heterocycles. The summed E-state index contributed by atoms with van der Waals surface area (Å²) in [5, 5.41) is 12.3. The molecular formula is C12H17NO2. The van der Waals surface area contributed by atoms with Gasteiger partial charge in [0, 0.05) is 18.0 Å². The fraction of sp³-hybridized carbons (Fsp3) is 0.417. The highest BCUT2D eigenvalue weighted by Gasteiger charge is 2.10. The van der Waals surface area contributed by atoms with Crippen molar-refractivity contribution in [2.45, 2.75) is 26.8 Å². The summed E-state index contributed by atoms with van der Waals surface area (Å²) in [5.74, 6) is 0.276. The van der Waals surface area contributed by atoms with Crippen molar-refractivity contribution in [3.63, 3.8) is 0 Å².